The fourth-order valence-electron chi connectivity index (χ4n) is 3.16. The largest absolute Gasteiger partial charge is 0.328 e. The predicted molar refractivity (Wildman–Crippen MR) is 77.5 cm³/mol. The zero-order valence-electron chi connectivity index (χ0n) is 11.7. The average Bonchev–Trinajstić information content (AvgIpc) is 2.38. The molecule has 2 nitrogen and oxygen atoms in total. The summed E-state index contributed by atoms with van der Waals surface area (Å²) < 4.78 is 0. The molecule has 1 heterocycles. The summed E-state index contributed by atoms with van der Waals surface area (Å²) in [6, 6.07) is 12.5. The fourth-order valence-corrected chi connectivity index (χ4v) is 3.16. The van der Waals surface area contributed by atoms with Gasteiger partial charge < -0.3 is 5.73 Å². The second kappa shape index (κ2) is 6.35. The van der Waals surface area contributed by atoms with E-state index in [0.717, 1.165) is 19.4 Å². The molecule has 1 aromatic rings. The van der Waals surface area contributed by atoms with Crippen molar-refractivity contribution in [3.05, 3.63) is 35.9 Å². The third-order valence-electron chi connectivity index (χ3n) is 4.11. The molecule has 2 heteroatoms. The van der Waals surface area contributed by atoms with Crippen LogP contribution >= 0.6 is 0 Å². The number of piperidine rings is 1. The van der Waals surface area contributed by atoms with Crippen LogP contribution < -0.4 is 5.73 Å². The van der Waals surface area contributed by atoms with Gasteiger partial charge in [0.2, 0.25) is 0 Å². The van der Waals surface area contributed by atoms with E-state index >= 15 is 0 Å². The van der Waals surface area contributed by atoms with Crippen molar-refractivity contribution in [1.29, 1.82) is 0 Å². The number of hydrogen-bond donors (Lipinski definition) is 1. The first-order chi connectivity index (χ1) is 8.72. The van der Waals surface area contributed by atoms with Crippen molar-refractivity contribution in [2.75, 3.05) is 6.54 Å². The maximum absolute atomic E-state index is 6.07. The normalized spacial score (nSPS) is 27.1. The Hall–Kier alpha value is -0.860. The molecule has 100 valence electrons. The average molecular weight is 246 g/mol. The topological polar surface area (TPSA) is 29.3 Å². The Labute approximate surface area is 111 Å². The van der Waals surface area contributed by atoms with Gasteiger partial charge in [-0.1, -0.05) is 43.7 Å². The molecule has 0 radical (unpaired) electrons. The van der Waals surface area contributed by atoms with Gasteiger partial charge in [0.05, 0.1) is 0 Å². The lowest BCUT2D eigenvalue weighted by molar-refractivity contribution is 0.0898. The number of nitrogens with zero attached hydrogens (tertiary/aromatic N) is 1. The lowest BCUT2D eigenvalue weighted by Crippen LogP contribution is -2.47. The standard InChI is InChI=1S/C16H26N2/c1-3-7-16(14-8-5-4-6-9-14)18-11-10-15(17)12-13(18)2/h4-6,8-9,13,15-16H,3,7,10-12,17H2,1-2H3. The maximum Gasteiger partial charge on any atom is 0.0350 e. The number of rotatable bonds is 4. The van der Waals surface area contributed by atoms with Crippen LogP contribution in [0.3, 0.4) is 0 Å². The van der Waals surface area contributed by atoms with E-state index < -0.39 is 0 Å². The molecule has 0 aromatic heterocycles. The third kappa shape index (κ3) is 3.12. The molecule has 0 spiro atoms. The van der Waals surface area contributed by atoms with Crippen molar-refractivity contribution < 1.29 is 0 Å². The summed E-state index contributed by atoms with van der Waals surface area (Å²) in [4.78, 5) is 2.65. The summed E-state index contributed by atoms with van der Waals surface area (Å²) in [5, 5.41) is 0. The molecule has 3 unspecified atom stereocenters. The van der Waals surface area contributed by atoms with E-state index in [2.05, 4.69) is 49.1 Å². The second-order valence-corrected chi connectivity index (χ2v) is 5.59. The molecule has 1 aromatic carbocycles. The first kappa shape index (κ1) is 13.6. The summed E-state index contributed by atoms with van der Waals surface area (Å²) >= 11 is 0. The highest BCUT2D eigenvalue weighted by Gasteiger charge is 2.29. The van der Waals surface area contributed by atoms with E-state index in [4.69, 9.17) is 5.73 Å². The number of hydrogen-bond acceptors (Lipinski definition) is 2. The van der Waals surface area contributed by atoms with Crippen LogP contribution in [0, 0.1) is 0 Å². The van der Waals surface area contributed by atoms with Crippen LogP contribution in [0.25, 0.3) is 0 Å². The minimum Gasteiger partial charge on any atom is -0.328 e. The predicted octanol–water partition coefficient (Wildman–Crippen LogP) is 3.34. The summed E-state index contributed by atoms with van der Waals surface area (Å²) in [6.07, 6.45) is 4.74. The minimum absolute atomic E-state index is 0.397. The van der Waals surface area contributed by atoms with Crippen LogP contribution in [0.5, 0.6) is 0 Å². The Morgan fingerprint density at radius 1 is 1.33 bits per heavy atom. The van der Waals surface area contributed by atoms with Crippen molar-refractivity contribution in [2.24, 2.45) is 5.73 Å². The summed E-state index contributed by atoms with van der Waals surface area (Å²) in [6.45, 7) is 5.74. The molecular formula is C16H26N2. The highest BCUT2D eigenvalue weighted by atomic mass is 15.2. The van der Waals surface area contributed by atoms with Crippen LogP contribution in [0.1, 0.15) is 51.1 Å². The van der Waals surface area contributed by atoms with Crippen LogP contribution in [-0.2, 0) is 0 Å². The third-order valence-corrected chi connectivity index (χ3v) is 4.11. The lowest BCUT2D eigenvalue weighted by Gasteiger charge is -2.42. The fraction of sp³-hybridized carbons (Fsp3) is 0.625. The molecule has 1 saturated heterocycles. The quantitative estimate of drug-likeness (QED) is 0.883. The zero-order chi connectivity index (χ0) is 13.0. The SMILES string of the molecule is CCCC(c1ccccc1)N1CCC(N)CC1C. The Morgan fingerprint density at radius 3 is 2.67 bits per heavy atom. The second-order valence-electron chi connectivity index (χ2n) is 5.59. The Bertz CT molecular complexity index is 349. The maximum atomic E-state index is 6.07. The van der Waals surface area contributed by atoms with E-state index in [0.29, 0.717) is 18.1 Å². The smallest absolute Gasteiger partial charge is 0.0350 e. The van der Waals surface area contributed by atoms with Crippen LogP contribution in [-0.4, -0.2) is 23.5 Å². The highest BCUT2D eigenvalue weighted by Crippen LogP contribution is 2.31. The first-order valence-corrected chi connectivity index (χ1v) is 7.28. The molecule has 0 aliphatic carbocycles. The van der Waals surface area contributed by atoms with Crippen molar-refractivity contribution in [2.45, 2.75) is 57.7 Å². The summed E-state index contributed by atoms with van der Waals surface area (Å²) in [7, 11) is 0. The molecule has 0 saturated carbocycles. The van der Waals surface area contributed by atoms with E-state index in [-0.39, 0.29) is 0 Å². The molecule has 1 aliphatic rings. The van der Waals surface area contributed by atoms with Gasteiger partial charge in [-0.25, -0.2) is 0 Å². The summed E-state index contributed by atoms with van der Waals surface area (Å²) in [5.74, 6) is 0. The number of likely N-dealkylation sites (tertiary alicyclic amines) is 1. The molecule has 0 bridgehead atoms. The van der Waals surface area contributed by atoms with Gasteiger partial charge >= 0.3 is 0 Å². The van der Waals surface area contributed by atoms with Crippen molar-refractivity contribution >= 4 is 0 Å². The molecule has 2 rings (SSSR count). The van der Waals surface area contributed by atoms with Crippen LogP contribution in [0.4, 0.5) is 0 Å². The summed E-state index contributed by atoms with van der Waals surface area (Å²) in [5.41, 5.74) is 7.53. The van der Waals surface area contributed by atoms with Gasteiger partial charge in [-0.05, 0) is 31.7 Å². The highest BCUT2D eigenvalue weighted by molar-refractivity contribution is 5.19. The molecule has 0 amide bonds. The molecule has 1 aliphatic heterocycles. The van der Waals surface area contributed by atoms with Gasteiger partial charge in [-0.2, -0.15) is 0 Å². The molecule has 2 N–H and O–H groups in total. The number of nitrogens with two attached hydrogens (primary N) is 1. The van der Waals surface area contributed by atoms with Crippen molar-refractivity contribution in [1.82, 2.24) is 4.90 Å². The monoisotopic (exact) mass is 246 g/mol. The van der Waals surface area contributed by atoms with Gasteiger partial charge in [-0.15, -0.1) is 0 Å². The minimum atomic E-state index is 0.397. The Morgan fingerprint density at radius 2 is 2.06 bits per heavy atom. The van der Waals surface area contributed by atoms with Gasteiger partial charge in [-0.3, -0.25) is 4.90 Å². The number of benzene rings is 1. The van der Waals surface area contributed by atoms with Crippen LogP contribution in [0.15, 0.2) is 30.3 Å². The van der Waals surface area contributed by atoms with Crippen molar-refractivity contribution in [3.63, 3.8) is 0 Å². The van der Waals surface area contributed by atoms with Crippen LogP contribution in [0.2, 0.25) is 0 Å². The van der Waals surface area contributed by atoms with Gasteiger partial charge in [0, 0.05) is 24.7 Å². The van der Waals surface area contributed by atoms with E-state index in [1.165, 1.54) is 18.4 Å². The van der Waals surface area contributed by atoms with E-state index in [9.17, 15) is 0 Å². The zero-order valence-corrected chi connectivity index (χ0v) is 11.7. The molecular weight excluding hydrogens is 220 g/mol. The van der Waals surface area contributed by atoms with Gasteiger partial charge in [0.15, 0.2) is 0 Å². The van der Waals surface area contributed by atoms with Gasteiger partial charge in [0.1, 0.15) is 0 Å². The molecule has 18 heavy (non-hydrogen) atoms. The van der Waals surface area contributed by atoms with E-state index in [1.807, 2.05) is 0 Å². The molecule has 3 atom stereocenters. The lowest BCUT2D eigenvalue weighted by atomic mass is 9.92. The van der Waals surface area contributed by atoms with Gasteiger partial charge in [0.25, 0.3) is 0 Å². The Balaban J connectivity index is 2.15. The Kier molecular flexibility index (Phi) is 4.79. The first-order valence-electron chi connectivity index (χ1n) is 7.28. The van der Waals surface area contributed by atoms with E-state index in [1.54, 1.807) is 0 Å². The van der Waals surface area contributed by atoms with Crippen molar-refractivity contribution in [3.8, 4) is 0 Å². The molecule has 1 fully saturated rings.